The summed E-state index contributed by atoms with van der Waals surface area (Å²) in [6.07, 6.45) is 0. The van der Waals surface area contributed by atoms with Gasteiger partial charge in [-0.3, -0.25) is 9.59 Å². The van der Waals surface area contributed by atoms with Gasteiger partial charge in [-0.2, -0.15) is 5.10 Å². The zero-order valence-corrected chi connectivity index (χ0v) is 18.4. The minimum Gasteiger partial charge on any atom is -0.339 e. The largest absolute Gasteiger partial charge is 0.339 e. The van der Waals surface area contributed by atoms with Crippen molar-refractivity contribution in [3.05, 3.63) is 113 Å². The SMILES string of the molecule is Cc1cccc([C@H]2c3c(C)nn(-c4ccccc4)c3NC(=O)[C@@H]2NC(=O)c2ccccc2)c1. The summed E-state index contributed by atoms with van der Waals surface area (Å²) in [5.41, 5.74) is 5.12. The Morgan fingerprint density at radius 2 is 1.64 bits per heavy atom. The second-order valence-electron chi connectivity index (χ2n) is 8.29. The Hall–Kier alpha value is -4.19. The molecule has 0 fully saturated rings. The van der Waals surface area contributed by atoms with Crippen LogP contribution in [0.25, 0.3) is 5.69 Å². The molecule has 0 aliphatic carbocycles. The van der Waals surface area contributed by atoms with Gasteiger partial charge in [-0.25, -0.2) is 4.68 Å². The quantitative estimate of drug-likeness (QED) is 0.499. The summed E-state index contributed by atoms with van der Waals surface area (Å²) >= 11 is 0. The van der Waals surface area contributed by atoms with E-state index in [1.165, 1.54) is 0 Å². The van der Waals surface area contributed by atoms with E-state index in [4.69, 9.17) is 5.10 Å². The van der Waals surface area contributed by atoms with Gasteiger partial charge in [0.05, 0.1) is 11.4 Å². The van der Waals surface area contributed by atoms with E-state index in [2.05, 4.69) is 16.7 Å². The number of benzene rings is 3. The zero-order chi connectivity index (χ0) is 22.9. The van der Waals surface area contributed by atoms with E-state index in [0.29, 0.717) is 11.4 Å². The molecule has 5 rings (SSSR count). The summed E-state index contributed by atoms with van der Waals surface area (Å²) in [5, 5.41) is 10.8. The molecule has 2 atom stereocenters. The molecule has 1 aromatic heterocycles. The van der Waals surface area contributed by atoms with Crippen LogP contribution < -0.4 is 10.6 Å². The number of para-hydroxylation sites is 1. The Kier molecular flexibility index (Phi) is 5.26. The number of fused-ring (bicyclic) bond motifs is 1. The summed E-state index contributed by atoms with van der Waals surface area (Å²) in [5.74, 6) is -0.292. The smallest absolute Gasteiger partial charge is 0.251 e. The Labute approximate surface area is 192 Å². The number of nitrogens with one attached hydrogen (secondary N) is 2. The first-order valence-electron chi connectivity index (χ1n) is 10.9. The first-order valence-corrected chi connectivity index (χ1v) is 10.9. The highest BCUT2D eigenvalue weighted by Gasteiger charge is 2.41. The minimum absolute atomic E-state index is 0.268. The van der Waals surface area contributed by atoms with Gasteiger partial charge in [0.2, 0.25) is 5.91 Å². The summed E-state index contributed by atoms with van der Waals surface area (Å²) < 4.78 is 1.76. The molecular formula is C27H24N4O2. The van der Waals surface area contributed by atoms with Crippen molar-refractivity contribution in [2.75, 3.05) is 5.32 Å². The van der Waals surface area contributed by atoms with Crippen LogP contribution in [-0.2, 0) is 4.79 Å². The van der Waals surface area contributed by atoms with Crippen LogP contribution in [-0.4, -0.2) is 27.6 Å². The van der Waals surface area contributed by atoms with E-state index in [-0.39, 0.29) is 17.7 Å². The van der Waals surface area contributed by atoms with E-state index in [1.807, 2.05) is 68.4 Å². The summed E-state index contributed by atoms with van der Waals surface area (Å²) in [4.78, 5) is 26.4. The van der Waals surface area contributed by atoms with E-state index in [1.54, 1.807) is 28.9 Å². The fourth-order valence-corrected chi connectivity index (χ4v) is 4.49. The Morgan fingerprint density at radius 3 is 2.33 bits per heavy atom. The molecule has 2 amide bonds. The molecule has 6 heteroatoms. The van der Waals surface area contributed by atoms with Gasteiger partial charge in [-0.1, -0.05) is 66.2 Å². The Bertz CT molecular complexity index is 1330. The highest BCUT2D eigenvalue weighted by molar-refractivity contribution is 6.04. The standard InChI is InChI=1S/C27H24N4O2/c1-17-10-9-13-20(16-17)23-22-18(2)30-31(21-14-7-4-8-15-21)25(22)29-27(33)24(23)28-26(32)19-11-5-3-6-12-19/h3-16,23-24H,1-2H3,(H,28,32)(H,29,33)/t23-,24+/m0/s1. The number of aromatic nitrogens is 2. The van der Waals surface area contributed by atoms with Gasteiger partial charge < -0.3 is 10.6 Å². The molecule has 1 aliphatic heterocycles. The van der Waals surface area contributed by atoms with Crippen LogP contribution in [0.15, 0.2) is 84.9 Å². The third kappa shape index (κ3) is 3.80. The molecule has 0 bridgehead atoms. The number of rotatable bonds is 4. The normalized spacial score (nSPS) is 17.2. The van der Waals surface area contributed by atoms with Crippen LogP contribution in [0.2, 0.25) is 0 Å². The van der Waals surface area contributed by atoms with Gasteiger partial charge in [0.1, 0.15) is 11.9 Å². The van der Waals surface area contributed by atoms with Crippen molar-refractivity contribution < 1.29 is 9.59 Å². The number of hydrogen-bond donors (Lipinski definition) is 2. The predicted octanol–water partition coefficient (Wildman–Crippen LogP) is 4.37. The Balaban J connectivity index is 1.64. The highest BCUT2D eigenvalue weighted by Crippen LogP contribution is 2.40. The molecule has 0 radical (unpaired) electrons. The summed E-state index contributed by atoms with van der Waals surface area (Å²) in [7, 11) is 0. The van der Waals surface area contributed by atoms with Gasteiger partial charge in [0, 0.05) is 17.0 Å². The average molecular weight is 437 g/mol. The van der Waals surface area contributed by atoms with Gasteiger partial charge in [0.15, 0.2) is 0 Å². The maximum atomic E-state index is 13.4. The van der Waals surface area contributed by atoms with Crippen LogP contribution in [0, 0.1) is 13.8 Å². The van der Waals surface area contributed by atoms with Crippen molar-refractivity contribution in [2.24, 2.45) is 0 Å². The van der Waals surface area contributed by atoms with Crippen molar-refractivity contribution in [2.45, 2.75) is 25.8 Å². The number of amides is 2. The fraction of sp³-hybridized carbons (Fsp3) is 0.148. The molecular weight excluding hydrogens is 412 g/mol. The lowest BCUT2D eigenvalue weighted by Crippen LogP contribution is -2.50. The molecule has 0 saturated heterocycles. The summed E-state index contributed by atoms with van der Waals surface area (Å²) in [6, 6.07) is 25.9. The lowest BCUT2D eigenvalue weighted by molar-refractivity contribution is -0.118. The maximum Gasteiger partial charge on any atom is 0.251 e. The van der Waals surface area contributed by atoms with E-state index in [0.717, 1.165) is 28.1 Å². The van der Waals surface area contributed by atoms with Crippen LogP contribution in [0.4, 0.5) is 5.82 Å². The molecule has 2 N–H and O–H groups in total. The lowest BCUT2D eigenvalue weighted by Gasteiger charge is -2.33. The van der Waals surface area contributed by atoms with E-state index < -0.39 is 6.04 Å². The number of nitrogens with zero attached hydrogens (tertiary/aromatic N) is 2. The van der Waals surface area contributed by atoms with Crippen molar-refractivity contribution >= 4 is 17.6 Å². The molecule has 164 valence electrons. The first kappa shape index (κ1) is 20.7. The molecule has 0 spiro atoms. The zero-order valence-electron chi connectivity index (χ0n) is 18.4. The van der Waals surface area contributed by atoms with Crippen molar-refractivity contribution in [3.63, 3.8) is 0 Å². The molecule has 2 heterocycles. The van der Waals surface area contributed by atoms with Crippen LogP contribution >= 0.6 is 0 Å². The van der Waals surface area contributed by atoms with Gasteiger partial charge in [0.25, 0.3) is 5.91 Å². The number of carbonyl (C=O) groups excluding carboxylic acids is 2. The number of carbonyl (C=O) groups is 2. The second-order valence-corrected chi connectivity index (χ2v) is 8.29. The number of hydrogen-bond acceptors (Lipinski definition) is 3. The van der Waals surface area contributed by atoms with Crippen molar-refractivity contribution in [1.29, 1.82) is 0 Å². The molecule has 4 aromatic rings. The topological polar surface area (TPSA) is 76.0 Å². The maximum absolute atomic E-state index is 13.4. The van der Waals surface area contributed by atoms with Crippen molar-refractivity contribution in [3.8, 4) is 5.69 Å². The predicted molar refractivity (Wildman–Crippen MR) is 128 cm³/mol. The molecule has 33 heavy (non-hydrogen) atoms. The number of anilines is 1. The van der Waals surface area contributed by atoms with Crippen LogP contribution in [0.1, 0.15) is 38.7 Å². The van der Waals surface area contributed by atoms with Crippen LogP contribution in [0.3, 0.4) is 0 Å². The lowest BCUT2D eigenvalue weighted by atomic mass is 9.81. The molecule has 0 saturated carbocycles. The monoisotopic (exact) mass is 436 g/mol. The minimum atomic E-state index is -0.779. The third-order valence-corrected chi connectivity index (χ3v) is 6.00. The van der Waals surface area contributed by atoms with Crippen LogP contribution in [0.5, 0.6) is 0 Å². The second kappa shape index (κ2) is 8.39. The summed E-state index contributed by atoms with van der Waals surface area (Å²) in [6.45, 7) is 3.96. The first-order chi connectivity index (χ1) is 16.0. The molecule has 6 nitrogen and oxygen atoms in total. The average Bonchev–Trinajstić information content (AvgIpc) is 3.16. The van der Waals surface area contributed by atoms with Gasteiger partial charge in [-0.05, 0) is 43.7 Å². The fourth-order valence-electron chi connectivity index (χ4n) is 4.49. The van der Waals surface area contributed by atoms with Gasteiger partial charge >= 0.3 is 0 Å². The molecule has 3 aromatic carbocycles. The molecule has 1 aliphatic rings. The van der Waals surface area contributed by atoms with E-state index >= 15 is 0 Å². The molecule has 0 unspecified atom stereocenters. The van der Waals surface area contributed by atoms with Gasteiger partial charge in [-0.15, -0.1) is 0 Å². The third-order valence-electron chi connectivity index (χ3n) is 6.00. The van der Waals surface area contributed by atoms with E-state index in [9.17, 15) is 9.59 Å². The highest BCUT2D eigenvalue weighted by atomic mass is 16.2. The number of aryl methyl sites for hydroxylation is 2. The Morgan fingerprint density at radius 1 is 0.939 bits per heavy atom. The van der Waals surface area contributed by atoms with Crippen molar-refractivity contribution in [1.82, 2.24) is 15.1 Å².